The fourth-order valence-electron chi connectivity index (χ4n) is 4.08. The van der Waals surface area contributed by atoms with Crippen LogP contribution in [0, 0.1) is 12.8 Å². The molecule has 2 aliphatic heterocycles. The largest absolute Gasteiger partial charge is 0.354 e. The molecule has 1 aromatic heterocycles. The molecular formula is C20H28N6. The molecule has 2 saturated heterocycles. The number of benzene rings is 1. The third-order valence-electron chi connectivity index (χ3n) is 5.47. The topological polar surface area (TPSA) is 65.1 Å². The Labute approximate surface area is 155 Å². The van der Waals surface area contributed by atoms with Crippen LogP contribution in [0.2, 0.25) is 0 Å². The molecule has 6 heteroatoms. The van der Waals surface area contributed by atoms with Gasteiger partial charge in [-0.1, -0.05) is 29.8 Å². The molecule has 26 heavy (non-hydrogen) atoms. The monoisotopic (exact) mass is 352 g/mol. The number of hydrogen-bond donors (Lipinski definition) is 3. The highest BCUT2D eigenvalue weighted by Crippen LogP contribution is 2.25. The second-order valence-corrected chi connectivity index (χ2v) is 7.45. The molecule has 3 atom stereocenters. The number of nitrogens with one attached hydrogen (secondary N) is 3. The van der Waals surface area contributed by atoms with E-state index in [1.165, 1.54) is 24.0 Å². The number of aryl methyl sites for hydroxylation is 1. The quantitative estimate of drug-likeness (QED) is 0.763. The molecule has 0 saturated carbocycles. The molecule has 138 valence electrons. The third kappa shape index (κ3) is 4.03. The Morgan fingerprint density at radius 3 is 3.08 bits per heavy atom. The summed E-state index contributed by atoms with van der Waals surface area (Å²) in [5.41, 5.74) is 9.48. The first-order valence-electron chi connectivity index (χ1n) is 9.60. The summed E-state index contributed by atoms with van der Waals surface area (Å²) < 4.78 is 0. The number of nitrogens with zero attached hydrogens (tertiary/aromatic N) is 3. The van der Waals surface area contributed by atoms with E-state index in [9.17, 15) is 0 Å². The minimum atomic E-state index is 0.363. The van der Waals surface area contributed by atoms with E-state index in [2.05, 4.69) is 62.5 Å². The van der Waals surface area contributed by atoms with Gasteiger partial charge in [0, 0.05) is 44.3 Å². The lowest BCUT2D eigenvalue weighted by atomic mass is 9.93. The summed E-state index contributed by atoms with van der Waals surface area (Å²) in [4.78, 5) is 2.34. The molecule has 6 nitrogen and oxygen atoms in total. The molecule has 2 fully saturated rings. The average molecular weight is 352 g/mol. The highest BCUT2D eigenvalue weighted by molar-refractivity contribution is 5.37. The van der Waals surface area contributed by atoms with E-state index in [4.69, 9.17) is 0 Å². The van der Waals surface area contributed by atoms with Crippen LogP contribution in [0.5, 0.6) is 0 Å². The minimum absolute atomic E-state index is 0.363. The Balaban J connectivity index is 1.34. The van der Waals surface area contributed by atoms with E-state index in [-0.39, 0.29) is 0 Å². The number of hydrazine groups is 1. The highest BCUT2D eigenvalue weighted by atomic mass is 15.4. The normalized spacial score (nSPS) is 26.2. The van der Waals surface area contributed by atoms with Gasteiger partial charge in [-0.15, -0.1) is 5.10 Å². The van der Waals surface area contributed by atoms with Crippen molar-refractivity contribution in [2.24, 2.45) is 5.92 Å². The van der Waals surface area contributed by atoms with Gasteiger partial charge in [0.2, 0.25) is 0 Å². The van der Waals surface area contributed by atoms with Crippen molar-refractivity contribution in [2.75, 3.05) is 31.1 Å². The summed E-state index contributed by atoms with van der Waals surface area (Å²) in [5.74, 6) is 1.53. The van der Waals surface area contributed by atoms with Gasteiger partial charge in [-0.25, -0.2) is 5.43 Å². The highest BCUT2D eigenvalue weighted by Gasteiger charge is 2.29. The van der Waals surface area contributed by atoms with Crippen LogP contribution in [0.4, 0.5) is 5.82 Å². The van der Waals surface area contributed by atoms with E-state index in [1.54, 1.807) is 6.20 Å². The van der Waals surface area contributed by atoms with Gasteiger partial charge in [0.15, 0.2) is 5.82 Å². The third-order valence-corrected chi connectivity index (χ3v) is 5.47. The lowest BCUT2D eigenvalue weighted by molar-refractivity contribution is 0.369. The van der Waals surface area contributed by atoms with Gasteiger partial charge in [0.05, 0.1) is 6.04 Å². The molecule has 3 N–H and O–H groups in total. The Morgan fingerprint density at radius 2 is 2.23 bits per heavy atom. The number of aromatic nitrogens is 2. The van der Waals surface area contributed by atoms with Crippen LogP contribution in [0.1, 0.15) is 30.0 Å². The first-order valence-corrected chi connectivity index (χ1v) is 9.60. The van der Waals surface area contributed by atoms with Gasteiger partial charge in [0.25, 0.3) is 0 Å². The molecule has 0 bridgehead atoms. The molecule has 0 amide bonds. The van der Waals surface area contributed by atoms with Crippen molar-refractivity contribution >= 4 is 5.82 Å². The second-order valence-electron chi connectivity index (χ2n) is 7.45. The van der Waals surface area contributed by atoms with Gasteiger partial charge in [-0.3, -0.25) is 5.43 Å². The van der Waals surface area contributed by atoms with E-state index >= 15 is 0 Å². The summed E-state index contributed by atoms with van der Waals surface area (Å²) in [6.07, 6.45) is 4.14. The maximum absolute atomic E-state index is 4.26. The zero-order chi connectivity index (χ0) is 17.8. The molecule has 3 unspecified atom stereocenters. The summed E-state index contributed by atoms with van der Waals surface area (Å²) >= 11 is 0. The predicted molar refractivity (Wildman–Crippen MR) is 104 cm³/mol. The SMILES string of the molecule is Cc1cccc(C2NNCC2CNC2CCCN(c3cccnn3)C2)c1. The van der Waals surface area contributed by atoms with Crippen molar-refractivity contribution in [3.63, 3.8) is 0 Å². The van der Waals surface area contributed by atoms with Gasteiger partial charge >= 0.3 is 0 Å². The summed E-state index contributed by atoms with van der Waals surface area (Å²) in [5, 5.41) is 12.1. The van der Waals surface area contributed by atoms with Crippen LogP contribution in [-0.4, -0.2) is 42.4 Å². The molecule has 0 radical (unpaired) electrons. The van der Waals surface area contributed by atoms with Crippen molar-refractivity contribution in [3.05, 3.63) is 53.7 Å². The van der Waals surface area contributed by atoms with Crippen LogP contribution in [0.15, 0.2) is 42.6 Å². The summed E-state index contributed by atoms with van der Waals surface area (Å²) in [7, 11) is 0. The van der Waals surface area contributed by atoms with Gasteiger partial charge in [-0.2, -0.15) is 5.10 Å². The van der Waals surface area contributed by atoms with Gasteiger partial charge in [-0.05, 0) is 37.5 Å². The molecule has 2 aliphatic rings. The fourth-order valence-corrected chi connectivity index (χ4v) is 4.08. The van der Waals surface area contributed by atoms with Crippen LogP contribution in [0.3, 0.4) is 0 Å². The Bertz CT molecular complexity index is 706. The molecule has 3 heterocycles. The van der Waals surface area contributed by atoms with Crippen molar-refractivity contribution < 1.29 is 0 Å². The molecule has 2 aromatic rings. The Kier molecular flexibility index (Phi) is 5.43. The fraction of sp³-hybridized carbons (Fsp3) is 0.500. The first kappa shape index (κ1) is 17.4. The second kappa shape index (κ2) is 8.12. The first-order chi connectivity index (χ1) is 12.8. The minimum Gasteiger partial charge on any atom is -0.354 e. The number of rotatable bonds is 5. The van der Waals surface area contributed by atoms with Crippen molar-refractivity contribution in [1.29, 1.82) is 0 Å². The number of hydrogen-bond acceptors (Lipinski definition) is 6. The maximum Gasteiger partial charge on any atom is 0.151 e. The van der Waals surface area contributed by atoms with Crippen LogP contribution < -0.4 is 21.1 Å². The maximum atomic E-state index is 4.26. The lowest BCUT2D eigenvalue weighted by Gasteiger charge is -2.34. The zero-order valence-corrected chi connectivity index (χ0v) is 15.4. The van der Waals surface area contributed by atoms with Crippen molar-refractivity contribution in [3.8, 4) is 0 Å². The summed E-state index contributed by atoms with van der Waals surface area (Å²) in [6, 6.07) is 13.7. The predicted octanol–water partition coefficient (Wildman–Crippen LogP) is 1.81. The van der Waals surface area contributed by atoms with E-state index in [0.29, 0.717) is 18.0 Å². The lowest BCUT2D eigenvalue weighted by Crippen LogP contribution is -2.47. The molecule has 0 aliphatic carbocycles. The van der Waals surface area contributed by atoms with Crippen LogP contribution in [-0.2, 0) is 0 Å². The van der Waals surface area contributed by atoms with E-state index < -0.39 is 0 Å². The van der Waals surface area contributed by atoms with E-state index in [0.717, 1.165) is 32.0 Å². The molecule has 0 spiro atoms. The number of anilines is 1. The van der Waals surface area contributed by atoms with Gasteiger partial charge < -0.3 is 10.2 Å². The van der Waals surface area contributed by atoms with Crippen molar-refractivity contribution in [2.45, 2.75) is 31.8 Å². The Hall–Kier alpha value is -2.02. The Morgan fingerprint density at radius 1 is 1.27 bits per heavy atom. The zero-order valence-electron chi connectivity index (χ0n) is 15.4. The van der Waals surface area contributed by atoms with Crippen molar-refractivity contribution in [1.82, 2.24) is 26.4 Å². The van der Waals surface area contributed by atoms with E-state index in [1.807, 2.05) is 12.1 Å². The number of piperidine rings is 1. The van der Waals surface area contributed by atoms with Crippen LogP contribution in [0.25, 0.3) is 0 Å². The molecule has 1 aromatic carbocycles. The molecule has 4 rings (SSSR count). The summed E-state index contributed by atoms with van der Waals surface area (Å²) in [6.45, 7) is 6.22. The smallest absolute Gasteiger partial charge is 0.151 e. The van der Waals surface area contributed by atoms with Gasteiger partial charge in [0.1, 0.15) is 0 Å². The average Bonchev–Trinajstić information content (AvgIpc) is 3.16. The standard InChI is InChI=1S/C20H28N6/c1-15-5-2-6-16(11-15)20-17(13-23-25-20)12-21-18-7-4-10-26(14-18)19-8-3-9-22-24-19/h2-3,5-6,8-9,11,17-18,20-21,23,25H,4,7,10,12-14H2,1H3. The molecular weight excluding hydrogens is 324 g/mol. The van der Waals surface area contributed by atoms with Crippen LogP contribution >= 0.6 is 0 Å².